The van der Waals surface area contributed by atoms with E-state index in [0.717, 1.165) is 10.9 Å². The zero-order chi connectivity index (χ0) is 9.26. The molecule has 0 radical (unpaired) electrons. The van der Waals surface area contributed by atoms with Gasteiger partial charge in [-0.15, -0.1) is 10.2 Å². The highest BCUT2D eigenvalue weighted by atomic mass is 19.3. The number of halogens is 2. The Hall–Kier alpha value is -1.04. The minimum Gasteiger partial charge on any atom is -0.381 e. The van der Waals surface area contributed by atoms with Crippen LogP contribution in [0.25, 0.3) is 0 Å². The van der Waals surface area contributed by atoms with Gasteiger partial charge in [-0.2, -0.15) is 8.78 Å². The lowest BCUT2D eigenvalue weighted by Crippen LogP contribution is -2.30. The summed E-state index contributed by atoms with van der Waals surface area (Å²) >= 11 is 0. The molecule has 0 N–H and O–H groups in total. The van der Waals surface area contributed by atoms with Crippen molar-refractivity contribution in [1.29, 1.82) is 0 Å². The van der Waals surface area contributed by atoms with Gasteiger partial charge >= 0.3 is 6.55 Å². The van der Waals surface area contributed by atoms with E-state index in [1.54, 1.807) is 0 Å². The molecule has 1 aliphatic rings. The van der Waals surface area contributed by atoms with Crippen LogP contribution in [0.2, 0.25) is 0 Å². The Morgan fingerprint density at radius 1 is 1.62 bits per heavy atom. The average molecular weight is 189 g/mol. The number of hydrogen-bond acceptors (Lipinski definition) is 3. The fourth-order valence-corrected chi connectivity index (χ4v) is 1.24. The second kappa shape index (κ2) is 3.37. The van der Waals surface area contributed by atoms with Gasteiger partial charge in [-0.3, -0.25) is 4.57 Å². The minimum atomic E-state index is -2.55. The van der Waals surface area contributed by atoms with Gasteiger partial charge in [0, 0.05) is 12.3 Å². The third kappa shape index (κ3) is 1.67. The molecule has 0 bridgehead atoms. The Bertz CT molecular complexity index is 285. The number of rotatable bonds is 3. The first-order valence-corrected chi connectivity index (χ1v) is 4.01. The van der Waals surface area contributed by atoms with Gasteiger partial charge in [0.05, 0.1) is 13.2 Å². The zero-order valence-electron chi connectivity index (χ0n) is 6.86. The van der Waals surface area contributed by atoms with E-state index in [1.807, 2.05) is 0 Å². The Labute approximate surface area is 73.5 Å². The summed E-state index contributed by atoms with van der Waals surface area (Å²) in [7, 11) is 0. The van der Waals surface area contributed by atoms with Crippen molar-refractivity contribution < 1.29 is 13.5 Å². The van der Waals surface area contributed by atoms with Crippen LogP contribution in [-0.4, -0.2) is 28.0 Å². The molecule has 0 saturated carbocycles. The maximum atomic E-state index is 12.3. The molecule has 6 heteroatoms. The molecule has 0 unspecified atom stereocenters. The lowest BCUT2D eigenvalue weighted by Gasteiger charge is -2.25. The highest BCUT2D eigenvalue weighted by molar-refractivity contribution is 4.90. The molecule has 13 heavy (non-hydrogen) atoms. The maximum absolute atomic E-state index is 12.3. The van der Waals surface area contributed by atoms with Gasteiger partial charge in [-0.1, -0.05) is 0 Å². The number of alkyl halides is 2. The summed E-state index contributed by atoms with van der Waals surface area (Å²) in [5.41, 5.74) is 0. The van der Waals surface area contributed by atoms with Crippen LogP contribution in [0.4, 0.5) is 8.78 Å². The molecule has 1 aromatic heterocycles. The van der Waals surface area contributed by atoms with E-state index in [-0.39, 0.29) is 0 Å². The van der Waals surface area contributed by atoms with Crippen LogP contribution in [-0.2, 0) is 11.2 Å². The van der Waals surface area contributed by atoms with Crippen LogP contribution in [0.5, 0.6) is 0 Å². The normalized spacial score (nSPS) is 17.8. The van der Waals surface area contributed by atoms with Gasteiger partial charge in [0.2, 0.25) is 0 Å². The second-order valence-electron chi connectivity index (χ2n) is 3.04. The van der Waals surface area contributed by atoms with E-state index in [9.17, 15) is 8.78 Å². The first-order chi connectivity index (χ1) is 6.27. The Morgan fingerprint density at radius 3 is 2.92 bits per heavy atom. The summed E-state index contributed by atoms with van der Waals surface area (Å²) < 4.78 is 30.3. The van der Waals surface area contributed by atoms with Gasteiger partial charge in [0.15, 0.2) is 0 Å². The van der Waals surface area contributed by atoms with Gasteiger partial charge in [-0.05, 0) is 0 Å². The van der Waals surface area contributed by atoms with Crippen LogP contribution < -0.4 is 0 Å². The summed E-state index contributed by atoms with van der Waals surface area (Å²) in [5, 5.41) is 7.08. The number of ether oxygens (including phenoxy) is 1. The molecule has 0 amide bonds. The lowest BCUT2D eigenvalue weighted by molar-refractivity contribution is -0.0339. The van der Waals surface area contributed by atoms with E-state index in [4.69, 9.17) is 4.74 Å². The molecule has 0 aromatic carbocycles. The third-order valence-electron chi connectivity index (χ3n) is 2.04. The van der Waals surface area contributed by atoms with Crippen molar-refractivity contribution in [2.75, 3.05) is 13.2 Å². The third-order valence-corrected chi connectivity index (χ3v) is 2.04. The van der Waals surface area contributed by atoms with Crippen LogP contribution in [0.3, 0.4) is 0 Å². The van der Waals surface area contributed by atoms with Crippen LogP contribution in [0, 0.1) is 5.92 Å². The van der Waals surface area contributed by atoms with Crippen LogP contribution in [0.15, 0.2) is 6.33 Å². The summed E-state index contributed by atoms with van der Waals surface area (Å²) in [4.78, 5) is 0. The molecular weight excluding hydrogens is 180 g/mol. The smallest absolute Gasteiger partial charge is 0.321 e. The first kappa shape index (κ1) is 8.55. The van der Waals surface area contributed by atoms with Gasteiger partial charge in [-0.25, -0.2) is 0 Å². The summed E-state index contributed by atoms with van der Waals surface area (Å²) in [6.07, 6.45) is 1.57. The molecule has 2 heterocycles. The highest BCUT2D eigenvalue weighted by Crippen LogP contribution is 2.18. The fourth-order valence-electron chi connectivity index (χ4n) is 1.24. The molecular formula is C7H9F2N3O. The molecule has 4 nitrogen and oxygen atoms in total. The highest BCUT2D eigenvalue weighted by Gasteiger charge is 2.22. The first-order valence-electron chi connectivity index (χ1n) is 4.01. The van der Waals surface area contributed by atoms with Gasteiger partial charge in [0.25, 0.3) is 0 Å². The monoisotopic (exact) mass is 189 g/mol. The standard InChI is InChI=1S/C7H9F2N3O/c8-7(9)12-4-10-11-6(12)1-5-2-13-3-5/h4-5,7H,1-3H2. The predicted octanol–water partition coefficient (Wildman–Crippen LogP) is 0.862. The van der Waals surface area contributed by atoms with Crippen LogP contribution in [0.1, 0.15) is 12.4 Å². The van der Waals surface area contributed by atoms with Gasteiger partial charge < -0.3 is 4.74 Å². The van der Waals surface area contributed by atoms with Crippen molar-refractivity contribution in [2.45, 2.75) is 13.0 Å². The van der Waals surface area contributed by atoms with Crippen molar-refractivity contribution in [3.05, 3.63) is 12.2 Å². The molecule has 0 spiro atoms. The molecule has 0 aliphatic carbocycles. The number of hydrogen-bond donors (Lipinski definition) is 0. The Balaban J connectivity index is 2.05. The lowest BCUT2D eigenvalue weighted by atomic mass is 10.0. The van der Waals surface area contributed by atoms with E-state index in [0.29, 0.717) is 31.4 Å². The average Bonchev–Trinajstić information content (AvgIpc) is 2.44. The van der Waals surface area contributed by atoms with Crippen molar-refractivity contribution in [1.82, 2.24) is 14.8 Å². The predicted molar refractivity (Wildman–Crippen MR) is 39.3 cm³/mol. The van der Waals surface area contributed by atoms with Crippen molar-refractivity contribution in [3.8, 4) is 0 Å². The molecule has 1 aliphatic heterocycles. The summed E-state index contributed by atoms with van der Waals surface area (Å²) in [6, 6.07) is 0. The van der Waals surface area contributed by atoms with Crippen LogP contribution >= 0.6 is 0 Å². The molecule has 1 fully saturated rings. The van der Waals surface area contributed by atoms with E-state index in [1.165, 1.54) is 0 Å². The zero-order valence-corrected chi connectivity index (χ0v) is 6.86. The quantitative estimate of drug-likeness (QED) is 0.708. The van der Waals surface area contributed by atoms with Gasteiger partial charge in [0.1, 0.15) is 12.2 Å². The number of aromatic nitrogens is 3. The summed E-state index contributed by atoms with van der Waals surface area (Å²) in [5.74, 6) is 0.657. The molecule has 1 saturated heterocycles. The molecule has 72 valence electrons. The second-order valence-corrected chi connectivity index (χ2v) is 3.04. The Kier molecular flexibility index (Phi) is 2.22. The maximum Gasteiger partial charge on any atom is 0.321 e. The molecule has 1 aromatic rings. The van der Waals surface area contributed by atoms with Crippen molar-refractivity contribution >= 4 is 0 Å². The topological polar surface area (TPSA) is 39.9 Å². The molecule has 0 atom stereocenters. The van der Waals surface area contributed by atoms with E-state index < -0.39 is 6.55 Å². The number of nitrogens with zero attached hydrogens (tertiary/aromatic N) is 3. The van der Waals surface area contributed by atoms with Crippen molar-refractivity contribution in [3.63, 3.8) is 0 Å². The fraction of sp³-hybridized carbons (Fsp3) is 0.714. The largest absolute Gasteiger partial charge is 0.381 e. The van der Waals surface area contributed by atoms with E-state index >= 15 is 0 Å². The SMILES string of the molecule is FC(F)n1cnnc1CC1COC1. The molecule has 2 rings (SSSR count). The van der Waals surface area contributed by atoms with Crippen molar-refractivity contribution in [2.24, 2.45) is 5.92 Å². The van der Waals surface area contributed by atoms with E-state index in [2.05, 4.69) is 10.2 Å². The summed E-state index contributed by atoms with van der Waals surface area (Å²) in [6.45, 7) is -1.28. The Morgan fingerprint density at radius 2 is 2.38 bits per heavy atom. The minimum absolute atomic E-state index is 0.321.